The van der Waals surface area contributed by atoms with E-state index in [4.69, 9.17) is 9.40 Å². The lowest BCUT2D eigenvalue weighted by molar-refractivity contribution is 0.558. The number of aryl methyl sites for hydroxylation is 3. The highest BCUT2D eigenvalue weighted by molar-refractivity contribution is 7.18. The number of hydrogen-bond acceptors (Lipinski definition) is 4. The lowest BCUT2D eigenvalue weighted by atomic mass is 10.1. The summed E-state index contributed by atoms with van der Waals surface area (Å²) in [7, 11) is 0. The SMILES string of the molecule is Cc1nc2ccc(Cc3nc4cccc(C)c4s3)c(C)c2o1. The summed E-state index contributed by atoms with van der Waals surface area (Å²) < 4.78 is 7.01. The summed E-state index contributed by atoms with van der Waals surface area (Å²) >= 11 is 1.78. The first-order valence-corrected chi connectivity index (χ1v) is 8.14. The number of benzene rings is 2. The average Bonchev–Trinajstić information content (AvgIpc) is 3.06. The van der Waals surface area contributed by atoms with E-state index in [9.17, 15) is 0 Å². The minimum Gasteiger partial charge on any atom is -0.441 e. The second-order valence-electron chi connectivity index (χ2n) is 5.64. The monoisotopic (exact) mass is 308 g/mol. The van der Waals surface area contributed by atoms with Crippen LogP contribution in [0.1, 0.15) is 27.6 Å². The van der Waals surface area contributed by atoms with Gasteiger partial charge in [0, 0.05) is 13.3 Å². The third kappa shape index (κ3) is 2.11. The first-order valence-electron chi connectivity index (χ1n) is 7.32. The predicted molar refractivity (Wildman–Crippen MR) is 90.6 cm³/mol. The van der Waals surface area contributed by atoms with Crippen molar-refractivity contribution in [2.75, 3.05) is 0 Å². The van der Waals surface area contributed by atoms with Gasteiger partial charge >= 0.3 is 0 Å². The summed E-state index contributed by atoms with van der Waals surface area (Å²) in [5, 5.41) is 1.14. The van der Waals surface area contributed by atoms with Crippen LogP contribution in [0.5, 0.6) is 0 Å². The number of hydrogen-bond donors (Lipinski definition) is 0. The van der Waals surface area contributed by atoms with Crippen LogP contribution >= 0.6 is 11.3 Å². The van der Waals surface area contributed by atoms with Gasteiger partial charge < -0.3 is 4.42 Å². The maximum Gasteiger partial charge on any atom is 0.192 e. The van der Waals surface area contributed by atoms with Gasteiger partial charge in [-0.25, -0.2) is 9.97 Å². The molecule has 0 aliphatic carbocycles. The summed E-state index contributed by atoms with van der Waals surface area (Å²) in [5.41, 5.74) is 6.62. The van der Waals surface area contributed by atoms with E-state index in [1.54, 1.807) is 11.3 Å². The smallest absolute Gasteiger partial charge is 0.192 e. The Morgan fingerprint density at radius 2 is 1.86 bits per heavy atom. The molecule has 0 saturated heterocycles. The molecule has 0 saturated carbocycles. The van der Waals surface area contributed by atoms with Gasteiger partial charge in [0.1, 0.15) is 5.52 Å². The predicted octanol–water partition coefficient (Wildman–Crippen LogP) is 4.95. The zero-order valence-corrected chi connectivity index (χ0v) is 13.6. The summed E-state index contributed by atoms with van der Waals surface area (Å²) in [5.74, 6) is 0.714. The molecule has 4 aromatic rings. The molecule has 0 aliphatic rings. The van der Waals surface area contributed by atoms with E-state index in [0.29, 0.717) is 5.89 Å². The fourth-order valence-corrected chi connectivity index (χ4v) is 3.89. The van der Waals surface area contributed by atoms with Gasteiger partial charge in [-0.2, -0.15) is 0 Å². The molecular weight excluding hydrogens is 292 g/mol. The summed E-state index contributed by atoms with van der Waals surface area (Å²) in [6, 6.07) is 10.5. The lowest BCUT2D eigenvalue weighted by Gasteiger charge is -2.03. The van der Waals surface area contributed by atoms with E-state index >= 15 is 0 Å². The van der Waals surface area contributed by atoms with E-state index in [-0.39, 0.29) is 0 Å². The molecule has 0 amide bonds. The van der Waals surface area contributed by atoms with Crippen LogP contribution in [0.3, 0.4) is 0 Å². The highest BCUT2D eigenvalue weighted by atomic mass is 32.1. The molecule has 110 valence electrons. The van der Waals surface area contributed by atoms with Crippen LogP contribution in [0.25, 0.3) is 21.3 Å². The number of rotatable bonds is 2. The van der Waals surface area contributed by atoms with E-state index in [2.05, 4.69) is 43.1 Å². The quantitative estimate of drug-likeness (QED) is 0.526. The molecule has 4 heteroatoms. The van der Waals surface area contributed by atoms with Crippen molar-refractivity contribution in [3.05, 3.63) is 57.9 Å². The summed E-state index contributed by atoms with van der Waals surface area (Å²) in [4.78, 5) is 9.16. The van der Waals surface area contributed by atoms with Gasteiger partial charge in [-0.15, -0.1) is 11.3 Å². The Bertz CT molecular complexity index is 997. The fourth-order valence-electron chi connectivity index (χ4n) is 2.84. The van der Waals surface area contributed by atoms with Crippen LogP contribution in [0.2, 0.25) is 0 Å². The molecule has 0 aliphatic heterocycles. The zero-order chi connectivity index (χ0) is 15.3. The van der Waals surface area contributed by atoms with Crippen LogP contribution in [0, 0.1) is 20.8 Å². The fraction of sp³-hybridized carbons (Fsp3) is 0.222. The van der Waals surface area contributed by atoms with E-state index < -0.39 is 0 Å². The minimum atomic E-state index is 0.714. The van der Waals surface area contributed by atoms with Crippen LogP contribution in [0.15, 0.2) is 34.7 Å². The van der Waals surface area contributed by atoms with E-state index in [0.717, 1.165) is 33.6 Å². The Kier molecular flexibility index (Phi) is 3.01. The van der Waals surface area contributed by atoms with Crippen LogP contribution in [-0.2, 0) is 6.42 Å². The van der Waals surface area contributed by atoms with Gasteiger partial charge in [0.05, 0.1) is 15.2 Å². The maximum atomic E-state index is 5.73. The number of oxazole rings is 1. The first kappa shape index (κ1) is 13.5. The second-order valence-corrected chi connectivity index (χ2v) is 6.72. The Morgan fingerprint density at radius 1 is 1.00 bits per heavy atom. The standard InChI is InChI=1S/C18H16N2OS/c1-10-5-4-6-15-18(10)22-16(20-15)9-13-7-8-14-17(11(13)2)21-12(3)19-14/h4-8H,9H2,1-3H3. The molecule has 3 nitrogen and oxygen atoms in total. The maximum absolute atomic E-state index is 5.73. The zero-order valence-electron chi connectivity index (χ0n) is 12.8. The molecule has 0 unspecified atom stereocenters. The Morgan fingerprint density at radius 3 is 2.68 bits per heavy atom. The van der Waals surface area contributed by atoms with Crippen molar-refractivity contribution < 1.29 is 4.42 Å². The molecule has 0 spiro atoms. The second kappa shape index (κ2) is 4.92. The molecule has 0 bridgehead atoms. The van der Waals surface area contributed by atoms with Crippen LogP contribution < -0.4 is 0 Å². The summed E-state index contributed by atoms with van der Waals surface area (Å²) in [6.07, 6.45) is 0.834. The highest BCUT2D eigenvalue weighted by Crippen LogP contribution is 2.29. The molecule has 2 heterocycles. The third-order valence-corrected chi connectivity index (χ3v) is 5.23. The Balaban J connectivity index is 1.78. The molecule has 0 radical (unpaired) electrons. The van der Waals surface area contributed by atoms with Crippen LogP contribution in [-0.4, -0.2) is 9.97 Å². The van der Waals surface area contributed by atoms with Crippen LogP contribution in [0.4, 0.5) is 0 Å². The van der Waals surface area contributed by atoms with Crippen molar-refractivity contribution in [3.63, 3.8) is 0 Å². The number of fused-ring (bicyclic) bond motifs is 2. The Labute approximate surface area is 132 Å². The normalized spacial score (nSPS) is 11.6. The summed E-state index contributed by atoms with van der Waals surface area (Å²) in [6.45, 7) is 6.12. The number of thiazole rings is 1. The molecule has 0 N–H and O–H groups in total. The molecule has 0 fully saturated rings. The minimum absolute atomic E-state index is 0.714. The molecule has 4 rings (SSSR count). The van der Waals surface area contributed by atoms with Gasteiger partial charge in [0.25, 0.3) is 0 Å². The van der Waals surface area contributed by atoms with Crippen molar-refractivity contribution in [2.45, 2.75) is 27.2 Å². The van der Waals surface area contributed by atoms with Crippen molar-refractivity contribution in [1.82, 2.24) is 9.97 Å². The molecular formula is C18H16N2OS. The van der Waals surface area contributed by atoms with Gasteiger partial charge in [-0.1, -0.05) is 18.2 Å². The molecule has 2 aromatic carbocycles. The highest BCUT2D eigenvalue weighted by Gasteiger charge is 2.12. The van der Waals surface area contributed by atoms with Gasteiger partial charge in [0.15, 0.2) is 11.5 Å². The van der Waals surface area contributed by atoms with E-state index in [1.807, 2.05) is 13.0 Å². The average molecular weight is 308 g/mol. The number of nitrogens with zero attached hydrogens (tertiary/aromatic N) is 2. The van der Waals surface area contributed by atoms with E-state index in [1.165, 1.54) is 15.8 Å². The first-order chi connectivity index (χ1) is 10.6. The van der Waals surface area contributed by atoms with Crippen molar-refractivity contribution in [1.29, 1.82) is 0 Å². The lowest BCUT2D eigenvalue weighted by Crippen LogP contribution is -1.91. The van der Waals surface area contributed by atoms with Crippen molar-refractivity contribution in [2.24, 2.45) is 0 Å². The topological polar surface area (TPSA) is 38.9 Å². The number of aromatic nitrogens is 2. The molecule has 0 atom stereocenters. The van der Waals surface area contributed by atoms with Crippen molar-refractivity contribution >= 4 is 32.7 Å². The Hall–Kier alpha value is -2.20. The van der Waals surface area contributed by atoms with Crippen molar-refractivity contribution in [3.8, 4) is 0 Å². The molecule has 2 aromatic heterocycles. The van der Waals surface area contributed by atoms with Gasteiger partial charge in [-0.05, 0) is 42.7 Å². The molecule has 22 heavy (non-hydrogen) atoms. The largest absolute Gasteiger partial charge is 0.441 e. The van der Waals surface area contributed by atoms with Gasteiger partial charge in [0.2, 0.25) is 0 Å². The third-order valence-electron chi connectivity index (χ3n) is 4.02. The van der Waals surface area contributed by atoms with Gasteiger partial charge in [-0.3, -0.25) is 0 Å².